The van der Waals surface area contributed by atoms with E-state index in [1.807, 2.05) is 19.9 Å². The summed E-state index contributed by atoms with van der Waals surface area (Å²) in [5.74, 6) is 0.478. The molecule has 0 aromatic heterocycles. The molecule has 0 saturated heterocycles. The van der Waals surface area contributed by atoms with E-state index in [1.54, 1.807) is 30.3 Å². The van der Waals surface area contributed by atoms with Crippen molar-refractivity contribution in [2.75, 3.05) is 13.2 Å². The third-order valence-corrected chi connectivity index (χ3v) is 5.16. The van der Waals surface area contributed by atoms with Crippen LogP contribution in [0.3, 0.4) is 0 Å². The lowest BCUT2D eigenvalue weighted by Gasteiger charge is -2.14. The van der Waals surface area contributed by atoms with E-state index in [4.69, 9.17) is 37.4 Å². The number of halogens is 3. The number of rotatable bonds is 7. The van der Waals surface area contributed by atoms with Gasteiger partial charge in [0.25, 0.3) is 0 Å². The van der Waals surface area contributed by atoms with E-state index in [-0.39, 0.29) is 11.6 Å². The molecule has 0 fully saturated rings. The van der Waals surface area contributed by atoms with Crippen molar-refractivity contribution in [3.8, 4) is 11.5 Å². The Balaban J connectivity index is 1.97. The molecular formula is C22H18Cl2INO4. The molecule has 2 aromatic carbocycles. The van der Waals surface area contributed by atoms with Crippen LogP contribution >= 0.6 is 45.8 Å². The maximum atomic E-state index is 12.3. The molecule has 0 N–H and O–H groups in total. The largest absolute Gasteiger partial charge is 0.490 e. The first-order valence-corrected chi connectivity index (χ1v) is 10.8. The summed E-state index contributed by atoms with van der Waals surface area (Å²) in [6.45, 7) is 8.28. The lowest BCUT2D eigenvalue weighted by molar-refractivity contribution is -0.129. The second-order valence-electron chi connectivity index (χ2n) is 6.47. The van der Waals surface area contributed by atoms with Gasteiger partial charge in [-0.05, 0) is 84.0 Å². The minimum Gasteiger partial charge on any atom is -0.490 e. The highest BCUT2D eigenvalue weighted by Gasteiger charge is 2.26. The first kappa shape index (κ1) is 22.7. The van der Waals surface area contributed by atoms with Gasteiger partial charge in [0.15, 0.2) is 17.2 Å². The van der Waals surface area contributed by atoms with Gasteiger partial charge in [0.05, 0.1) is 22.2 Å². The topological polar surface area (TPSA) is 57.1 Å². The first-order chi connectivity index (χ1) is 14.3. The number of benzene rings is 2. The average Bonchev–Trinajstić information content (AvgIpc) is 3.03. The summed E-state index contributed by atoms with van der Waals surface area (Å²) in [5.41, 5.74) is 2.16. The first-order valence-electron chi connectivity index (χ1n) is 9.00. The Labute approximate surface area is 198 Å². The van der Waals surface area contributed by atoms with Crippen molar-refractivity contribution in [2.45, 2.75) is 13.8 Å². The number of hydrogen-bond donors (Lipinski definition) is 0. The molecule has 156 valence electrons. The maximum Gasteiger partial charge on any atom is 0.363 e. The molecule has 0 radical (unpaired) electrons. The molecule has 2 aromatic rings. The predicted molar refractivity (Wildman–Crippen MR) is 128 cm³/mol. The minimum atomic E-state index is -0.573. The van der Waals surface area contributed by atoms with E-state index in [9.17, 15) is 4.79 Å². The van der Waals surface area contributed by atoms with Crippen LogP contribution in [-0.2, 0) is 9.53 Å². The van der Waals surface area contributed by atoms with E-state index >= 15 is 0 Å². The molecule has 1 aliphatic heterocycles. The Morgan fingerprint density at radius 1 is 1.23 bits per heavy atom. The zero-order valence-corrected chi connectivity index (χ0v) is 20.0. The lowest BCUT2D eigenvalue weighted by Crippen LogP contribution is -2.06. The van der Waals surface area contributed by atoms with Gasteiger partial charge >= 0.3 is 5.97 Å². The maximum absolute atomic E-state index is 12.3. The molecule has 0 aliphatic carbocycles. The van der Waals surface area contributed by atoms with Gasteiger partial charge in [-0.15, -0.1) is 0 Å². The summed E-state index contributed by atoms with van der Waals surface area (Å²) in [4.78, 5) is 16.7. The highest BCUT2D eigenvalue weighted by atomic mass is 127. The Hall–Kier alpha value is -2.03. The Kier molecular flexibility index (Phi) is 7.44. The van der Waals surface area contributed by atoms with E-state index in [1.165, 1.54) is 0 Å². The van der Waals surface area contributed by atoms with Crippen molar-refractivity contribution in [1.29, 1.82) is 0 Å². The van der Waals surface area contributed by atoms with Crippen molar-refractivity contribution in [3.63, 3.8) is 0 Å². The number of cyclic esters (lactones) is 1. The van der Waals surface area contributed by atoms with Gasteiger partial charge in [0.1, 0.15) is 6.61 Å². The van der Waals surface area contributed by atoms with Gasteiger partial charge in [-0.3, -0.25) is 0 Å². The highest BCUT2D eigenvalue weighted by molar-refractivity contribution is 14.1. The number of aliphatic imine (C=N–C) groups is 1. The molecule has 0 saturated carbocycles. The quantitative estimate of drug-likeness (QED) is 0.174. The van der Waals surface area contributed by atoms with E-state index in [2.05, 4.69) is 34.2 Å². The molecule has 30 heavy (non-hydrogen) atoms. The SMILES string of the molecule is C=C(C)COc1c(Cl)cc(/C=C2\N=C(c3cc(I)ccc3Cl)OC2=O)cc1OCC. The molecule has 0 amide bonds. The fraction of sp³-hybridized carbons (Fsp3) is 0.182. The van der Waals surface area contributed by atoms with Gasteiger partial charge < -0.3 is 14.2 Å². The number of hydrogen-bond acceptors (Lipinski definition) is 5. The summed E-state index contributed by atoms with van der Waals surface area (Å²) in [7, 11) is 0. The highest BCUT2D eigenvalue weighted by Crippen LogP contribution is 2.38. The zero-order valence-electron chi connectivity index (χ0n) is 16.3. The molecular weight excluding hydrogens is 540 g/mol. The normalized spacial score (nSPS) is 14.5. The van der Waals surface area contributed by atoms with Gasteiger partial charge in [0, 0.05) is 3.57 Å². The smallest absolute Gasteiger partial charge is 0.363 e. The third-order valence-electron chi connectivity index (χ3n) is 3.88. The second-order valence-corrected chi connectivity index (χ2v) is 8.53. The Morgan fingerprint density at radius 3 is 2.70 bits per heavy atom. The van der Waals surface area contributed by atoms with Crippen molar-refractivity contribution in [3.05, 3.63) is 72.9 Å². The molecule has 0 unspecified atom stereocenters. The second kappa shape index (κ2) is 9.85. The van der Waals surface area contributed by atoms with Crippen molar-refractivity contribution >= 4 is 63.7 Å². The van der Waals surface area contributed by atoms with Crippen LogP contribution in [0.25, 0.3) is 6.08 Å². The van der Waals surface area contributed by atoms with Gasteiger partial charge in [-0.2, -0.15) is 0 Å². The monoisotopic (exact) mass is 557 g/mol. The molecule has 1 aliphatic rings. The number of nitrogens with zero attached hydrogens (tertiary/aromatic N) is 1. The summed E-state index contributed by atoms with van der Waals surface area (Å²) in [6.07, 6.45) is 1.58. The van der Waals surface area contributed by atoms with Crippen LogP contribution in [0.4, 0.5) is 0 Å². The summed E-state index contributed by atoms with van der Waals surface area (Å²) in [6, 6.07) is 8.79. The third kappa shape index (κ3) is 5.36. The molecule has 8 heteroatoms. The summed E-state index contributed by atoms with van der Waals surface area (Å²) >= 11 is 14.8. The average molecular weight is 558 g/mol. The molecule has 0 atom stereocenters. The number of carbonyl (C=O) groups is 1. The number of carbonyl (C=O) groups excluding carboxylic acids is 1. The Bertz CT molecular complexity index is 1080. The van der Waals surface area contributed by atoms with E-state index in [0.29, 0.717) is 45.9 Å². The van der Waals surface area contributed by atoms with Crippen molar-refractivity contribution < 1.29 is 19.0 Å². The van der Waals surface area contributed by atoms with Crippen LogP contribution in [0.1, 0.15) is 25.0 Å². The molecule has 0 bridgehead atoms. The lowest BCUT2D eigenvalue weighted by atomic mass is 10.1. The van der Waals surface area contributed by atoms with Crippen LogP contribution in [-0.4, -0.2) is 25.1 Å². The fourth-order valence-electron chi connectivity index (χ4n) is 2.61. The molecule has 0 spiro atoms. The molecule has 3 rings (SSSR count). The Morgan fingerprint density at radius 2 is 2.00 bits per heavy atom. The minimum absolute atomic E-state index is 0.133. The number of esters is 1. The summed E-state index contributed by atoms with van der Waals surface area (Å²) in [5, 5.41) is 0.800. The van der Waals surface area contributed by atoms with Crippen molar-refractivity contribution in [2.24, 2.45) is 4.99 Å². The van der Waals surface area contributed by atoms with Crippen LogP contribution in [0.15, 0.2) is 53.2 Å². The van der Waals surface area contributed by atoms with E-state index in [0.717, 1.165) is 9.14 Å². The standard InChI is InChI=1S/C22H18Cl2INO4/c1-4-28-19-9-13(7-17(24)20(19)29-11-12(2)3)8-18-22(27)30-21(26-18)15-10-14(25)5-6-16(15)23/h5-10H,2,4,11H2,1,3H3/b18-8-. The van der Waals surface area contributed by atoms with Gasteiger partial charge in [0.2, 0.25) is 5.90 Å². The summed E-state index contributed by atoms with van der Waals surface area (Å²) < 4.78 is 17.6. The van der Waals surface area contributed by atoms with Crippen molar-refractivity contribution in [1.82, 2.24) is 0 Å². The van der Waals surface area contributed by atoms with Gasteiger partial charge in [-0.25, -0.2) is 9.79 Å². The number of ether oxygens (including phenoxy) is 3. The van der Waals surface area contributed by atoms with Crippen LogP contribution in [0.2, 0.25) is 10.0 Å². The molecule has 5 nitrogen and oxygen atoms in total. The van der Waals surface area contributed by atoms with Crippen LogP contribution < -0.4 is 9.47 Å². The zero-order chi connectivity index (χ0) is 21.8. The van der Waals surface area contributed by atoms with Gasteiger partial charge in [-0.1, -0.05) is 29.8 Å². The molecule has 1 heterocycles. The predicted octanol–water partition coefficient (Wildman–Crippen LogP) is 6.30. The van der Waals surface area contributed by atoms with Crippen LogP contribution in [0, 0.1) is 3.57 Å². The fourth-order valence-corrected chi connectivity index (χ4v) is 3.58. The van der Waals surface area contributed by atoms with E-state index < -0.39 is 5.97 Å². The van der Waals surface area contributed by atoms with Crippen LogP contribution in [0.5, 0.6) is 11.5 Å².